The molecule has 2 aromatic rings. The van der Waals surface area contributed by atoms with Crippen molar-refractivity contribution >= 4 is 33.2 Å². The van der Waals surface area contributed by atoms with E-state index in [0.717, 1.165) is 16.1 Å². The van der Waals surface area contributed by atoms with E-state index in [0.29, 0.717) is 24.0 Å². The quantitative estimate of drug-likeness (QED) is 0.574. The predicted molar refractivity (Wildman–Crippen MR) is 114 cm³/mol. The van der Waals surface area contributed by atoms with Gasteiger partial charge in [-0.2, -0.15) is 0 Å². The zero-order valence-electron chi connectivity index (χ0n) is 16.6. The molecular formula is C20H25ClN2O5S. The van der Waals surface area contributed by atoms with Gasteiger partial charge in [0.15, 0.2) is 0 Å². The molecule has 1 amide bonds. The fourth-order valence-electron chi connectivity index (χ4n) is 2.77. The van der Waals surface area contributed by atoms with E-state index in [-0.39, 0.29) is 12.2 Å². The van der Waals surface area contributed by atoms with Crippen molar-refractivity contribution in [3.63, 3.8) is 0 Å². The molecule has 0 bridgehead atoms. The van der Waals surface area contributed by atoms with Crippen molar-refractivity contribution in [2.24, 2.45) is 0 Å². The van der Waals surface area contributed by atoms with Gasteiger partial charge in [-0.15, -0.1) is 0 Å². The predicted octanol–water partition coefficient (Wildman–Crippen LogP) is 2.84. The fourth-order valence-corrected chi connectivity index (χ4v) is 4.11. The molecule has 0 radical (unpaired) electrons. The summed E-state index contributed by atoms with van der Waals surface area (Å²) in [6.07, 6.45) is 1.03. The lowest BCUT2D eigenvalue weighted by molar-refractivity contribution is -0.122. The summed E-state index contributed by atoms with van der Waals surface area (Å²) in [5.41, 5.74) is 1.23. The van der Waals surface area contributed by atoms with Crippen LogP contribution in [-0.4, -0.2) is 46.9 Å². The Hall–Kier alpha value is -2.29. The Morgan fingerprint density at radius 3 is 2.52 bits per heavy atom. The van der Waals surface area contributed by atoms with Crippen LogP contribution in [0.25, 0.3) is 0 Å². The van der Waals surface area contributed by atoms with Crippen LogP contribution in [0.2, 0.25) is 5.02 Å². The van der Waals surface area contributed by atoms with E-state index >= 15 is 0 Å². The zero-order valence-corrected chi connectivity index (χ0v) is 18.2. The van der Waals surface area contributed by atoms with E-state index in [1.807, 2.05) is 30.3 Å². The number of carbonyl (C=O) groups is 1. The molecular weight excluding hydrogens is 416 g/mol. The molecule has 0 saturated heterocycles. The Bertz CT molecular complexity index is 922. The smallest absolute Gasteiger partial charge is 0.243 e. The van der Waals surface area contributed by atoms with Crippen LogP contribution >= 0.6 is 11.6 Å². The summed E-state index contributed by atoms with van der Waals surface area (Å²) in [6, 6.07) is 13.2. The molecule has 9 heteroatoms. The van der Waals surface area contributed by atoms with Gasteiger partial charge in [0.05, 0.1) is 32.3 Å². The van der Waals surface area contributed by atoms with Crippen molar-refractivity contribution in [2.75, 3.05) is 30.8 Å². The van der Waals surface area contributed by atoms with Gasteiger partial charge in [0, 0.05) is 11.6 Å². The molecule has 7 nitrogen and oxygen atoms in total. The normalized spacial score (nSPS) is 12.3. The third-order valence-electron chi connectivity index (χ3n) is 4.12. The summed E-state index contributed by atoms with van der Waals surface area (Å²) < 4.78 is 36.6. The second-order valence-corrected chi connectivity index (χ2v) is 8.68. The van der Waals surface area contributed by atoms with E-state index < -0.39 is 22.0 Å². The average molecular weight is 441 g/mol. The Labute approximate surface area is 176 Å². The van der Waals surface area contributed by atoms with Crippen LogP contribution in [0, 0.1) is 0 Å². The van der Waals surface area contributed by atoms with Crippen LogP contribution < -0.4 is 14.4 Å². The van der Waals surface area contributed by atoms with E-state index in [1.165, 1.54) is 20.1 Å². The summed E-state index contributed by atoms with van der Waals surface area (Å²) in [5.74, 6) is -0.161. The van der Waals surface area contributed by atoms with Crippen molar-refractivity contribution < 1.29 is 22.7 Å². The van der Waals surface area contributed by atoms with Gasteiger partial charge in [-0.05, 0) is 30.7 Å². The highest BCUT2D eigenvalue weighted by atomic mass is 35.5. The fraction of sp³-hybridized carbons (Fsp3) is 0.350. The molecule has 0 spiro atoms. The van der Waals surface area contributed by atoms with Gasteiger partial charge < -0.3 is 14.8 Å². The number of nitrogens with one attached hydrogen (secondary N) is 1. The Kier molecular flexibility index (Phi) is 8.31. The first-order chi connectivity index (χ1) is 13.7. The molecule has 158 valence electrons. The molecule has 0 aliphatic rings. The highest BCUT2D eigenvalue weighted by Gasteiger charge is 2.31. The maximum absolute atomic E-state index is 12.6. The number of rotatable bonds is 10. The molecule has 2 rings (SSSR count). The van der Waals surface area contributed by atoms with E-state index in [2.05, 4.69) is 5.32 Å². The molecule has 0 fully saturated rings. The number of ether oxygens (including phenoxy) is 2. The topological polar surface area (TPSA) is 84.9 Å². The van der Waals surface area contributed by atoms with E-state index in [9.17, 15) is 13.2 Å². The monoisotopic (exact) mass is 440 g/mol. The minimum Gasteiger partial charge on any atom is -0.495 e. The number of benzene rings is 2. The molecule has 0 unspecified atom stereocenters. The Balaban J connectivity index is 2.01. The summed E-state index contributed by atoms with van der Waals surface area (Å²) in [6.45, 7) is 2.48. The molecule has 0 aliphatic carbocycles. The molecule has 0 heterocycles. The summed E-state index contributed by atoms with van der Waals surface area (Å²) in [4.78, 5) is 12.6. The van der Waals surface area contributed by atoms with Crippen LogP contribution in [0.15, 0.2) is 48.5 Å². The standard InChI is InChI=1S/C20H25ClN2O5S/c1-15(20(24)22-11-12-28-14-16-7-5-4-6-8-16)23(29(3,25)26)18-13-17(21)9-10-19(18)27-2/h4-10,13,15H,11-12,14H2,1-3H3,(H,22,24)/t15-/m0/s1. The van der Waals surface area contributed by atoms with E-state index in [1.54, 1.807) is 12.1 Å². The molecule has 29 heavy (non-hydrogen) atoms. The third-order valence-corrected chi connectivity index (χ3v) is 5.59. The minimum atomic E-state index is -3.78. The largest absolute Gasteiger partial charge is 0.495 e. The van der Waals surface area contributed by atoms with Gasteiger partial charge in [0.2, 0.25) is 15.9 Å². The maximum atomic E-state index is 12.6. The second-order valence-electron chi connectivity index (χ2n) is 6.38. The number of nitrogens with zero attached hydrogens (tertiary/aromatic N) is 1. The first kappa shape index (κ1) is 23.0. The lowest BCUT2D eigenvalue weighted by Gasteiger charge is -2.29. The number of anilines is 1. The Morgan fingerprint density at radius 1 is 1.21 bits per heavy atom. The van der Waals surface area contributed by atoms with Gasteiger partial charge in [-0.3, -0.25) is 9.10 Å². The van der Waals surface area contributed by atoms with Gasteiger partial charge in [-0.25, -0.2) is 8.42 Å². The van der Waals surface area contributed by atoms with Crippen LogP contribution in [0.3, 0.4) is 0 Å². The lowest BCUT2D eigenvalue weighted by atomic mass is 10.2. The van der Waals surface area contributed by atoms with Crippen LogP contribution in [0.5, 0.6) is 5.75 Å². The first-order valence-corrected chi connectivity index (χ1v) is 11.2. The van der Waals surface area contributed by atoms with Crippen LogP contribution in [0.1, 0.15) is 12.5 Å². The van der Waals surface area contributed by atoms with Crippen molar-refractivity contribution in [1.82, 2.24) is 5.32 Å². The summed E-state index contributed by atoms with van der Waals surface area (Å²) >= 11 is 6.03. The SMILES string of the molecule is COc1ccc(Cl)cc1N([C@@H](C)C(=O)NCCOCc1ccccc1)S(C)(=O)=O. The van der Waals surface area contributed by atoms with E-state index in [4.69, 9.17) is 21.1 Å². The lowest BCUT2D eigenvalue weighted by Crippen LogP contribution is -2.48. The third kappa shape index (κ3) is 6.62. The summed E-state index contributed by atoms with van der Waals surface area (Å²) in [5, 5.41) is 3.03. The minimum absolute atomic E-state index is 0.200. The molecule has 1 N–H and O–H groups in total. The molecule has 0 aromatic heterocycles. The van der Waals surface area contributed by atoms with Crippen molar-refractivity contribution in [2.45, 2.75) is 19.6 Å². The second kappa shape index (κ2) is 10.5. The number of amides is 1. The van der Waals surface area contributed by atoms with Crippen LogP contribution in [-0.2, 0) is 26.2 Å². The molecule has 2 aromatic carbocycles. The molecule has 1 atom stereocenters. The zero-order chi connectivity index (χ0) is 21.4. The number of hydrogen-bond donors (Lipinski definition) is 1. The van der Waals surface area contributed by atoms with Crippen molar-refractivity contribution in [1.29, 1.82) is 0 Å². The number of carbonyl (C=O) groups excluding carboxylic acids is 1. The van der Waals surface area contributed by atoms with Gasteiger partial charge in [-0.1, -0.05) is 41.9 Å². The summed E-state index contributed by atoms with van der Waals surface area (Å²) in [7, 11) is -2.36. The van der Waals surface area contributed by atoms with Crippen LogP contribution in [0.4, 0.5) is 5.69 Å². The van der Waals surface area contributed by atoms with Crippen molar-refractivity contribution in [3.8, 4) is 5.75 Å². The maximum Gasteiger partial charge on any atom is 0.243 e. The van der Waals surface area contributed by atoms with Gasteiger partial charge >= 0.3 is 0 Å². The average Bonchev–Trinajstić information content (AvgIpc) is 2.67. The van der Waals surface area contributed by atoms with Gasteiger partial charge in [0.1, 0.15) is 11.8 Å². The van der Waals surface area contributed by atoms with Gasteiger partial charge in [0.25, 0.3) is 0 Å². The number of halogens is 1. The number of hydrogen-bond acceptors (Lipinski definition) is 5. The van der Waals surface area contributed by atoms with Crippen molar-refractivity contribution in [3.05, 3.63) is 59.1 Å². The first-order valence-electron chi connectivity index (χ1n) is 8.96. The molecule has 0 saturated carbocycles. The Morgan fingerprint density at radius 2 is 1.90 bits per heavy atom. The number of sulfonamides is 1. The highest BCUT2D eigenvalue weighted by Crippen LogP contribution is 2.34. The number of methoxy groups -OCH3 is 1. The molecule has 0 aliphatic heterocycles. The highest BCUT2D eigenvalue weighted by molar-refractivity contribution is 7.92.